The molecule has 0 unspecified atom stereocenters. The first-order valence-electron chi connectivity index (χ1n) is 13.3. The Morgan fingerprint density at radius 1 is 1.14 bits per heavy atom. The lowest BCUT2D eigenvalue weighted by Crippen LogP contribution is -2.59. The van der Waals surface area contributed by atoms with Crippen LogP contribution in [0, 0.1) is 17.7 Å². The van der Waals surface area contributed by atoms with Crippen molar-refractivity contribution in [3.05, 3.63) is 41.2 Å². The zero-order valence-electron chi connectivity index (χ0n) is 20.5. The third kappa shape index (κ3) is 5.72. The van der Waals surface area contributed by atoms with Crippen molar-refractivity contribution in [2.24, 2.45) is 11.8 Å². The second-order valence-corrected chi connectivity index (χ2v) is 10.7. The summed E-state index contributed by atoms with van der Waals surface area (Å²) in [6.45, 7) is 4.93. The second kappa shape index (κ2) is 10.7. The third-order valence-corrected chi connectivity index (χ3v) is 8.34. The van der Waals surface area contributed by atoms with E-state index in [9.17, 15) is 22.4 Å². The zero-order valence-corrected chi connectivity index (χ0v) is 20.5. The number of carbonyl (C=O) groups excluding carboxylic acids is 1. The fraction of sp³-hybridized carbons (Fsp3) is 0.667. The molecule has 3 aliphatic heterocycles. The first-order chi connectivity index (χ1) is 17.3. The summed E-state index contributed by atoms with van der Waals surface area (Å²) in [5, 5.41) is 2.69. The molecule has 1 aliphatic carbocycles. The van der Waals surface area contributed by atoms with Crippen molar-refractivity contribution in [2.45, 2.75) is 69.8 Å². The average Bonchev–Trinajstić information content (AvgIpc) is 2.83. The van der Waals surface area contributed by atoms with E-state index in [2.05, 4.69) is 25.9 Å². The highest BCUT2D eigenvalue weighted by Gasteiger charge is 2.45. The predicted molar refractivity (Wildman–Crippen MR) is 128 cm³/mol. The lowest BCUT2D eigenvalue weighted by Gasteiger charge is -2.55. The first-order valence-corrected chi connectivity index (χ1v) is 13.3. The number of hydrogen-bond donors (Lipinski definition) is 1. The van der Waals surface area contributed by atoms with Crippen molar-refractivity contribution in [3.63, 3.8) is 0 Å². The number of alkyl halides is 3. The molecule has 1 N–H and O–H groups in total. The van der Waals surface area contributed by atoms with Crippen molar-refractivity contribution >= 4 is 5.91 Å². The summed E-state index contributed by atoms with van der Waals surface area (Å²) in [7, 11) is 0. The minimum atomic E-state index is -4.91. The molecule has 1 aromatic carbocycles. The van der Waals surface area contributed by atoms with E-state index in [4.69, 9.17) is 0 Å². The van der Waals surface area contributed by atoms with Crippen LogP contribution >= 0.6 is 0 Å². The maximum Gasteiger partial charge on any atom is 0.573 e. The largest absolute Gasteiger partial charge is 0.573 e. The fourth-order valence-corrected chi connectivity index (χ4v) is 6.95. The normalized spacial score (nSPS) is 28.6. The van der Waals surface area contributed by atoms with Gasteiger partial charge in [-0.2, -0.15) is 0 Å². The number of fused-ring (bicyclic) bond motifs is 6. The van der Waals surface area contributed by atoms with E-state index in [-0.39, 0.29) is 5.56 Å². The quantitative estimate of drug-likeness (QED) is 0.315. The minimum absolute atomic E-state index is 0.291. The molecule has 36 heavy (non-hydrogen) atoms. The second-order valence-electron chi connectivity index (χ2n) is 10.7. The molecule has 0 spiro atoms. The van der Waals surface area contributed by atoms with Gasteiger partial charge in [-0.15, -0.1) is 13.2 Å². The predicted octanol–water partition coefficient (Wildman–Crippen LogP) is 5.13. The topological polar surface area (TPSA) is 44.8 Å². The molecule has 3 heterocycles. The van der Waals surface area contributed by atoms with Gasteiger partial charge in [-0.1, -0.05) is 18.1 Å². The number of piperidine rings is 3. The SMILES string of the molecule is O=C(NCCCCN1CCCC2=C[C@H]3C[C@H](CN4CCCC[C@H]34)[C@@H]21)c1ccc(OC(F)(F)F)cc1F. The van der Waals surface area contributed by atoms with Crippen LogP contribution in [0.15, 0.2) is 29.8 Å². The molecular weight excluding hydrogens is 474 g/mol. The number of ether oxygens (including phenoxy) is 1. The van der Waals surface area contributed by atoms with E-state index >= 15 is 0 Å². The summed E-state index contributed by atoms with van der Waals surface area (Å²) in [6.07, 6.45) is 7.14. The molecule has 0 saturated carbocycles. The highest BCUT2D eigenvalue weighted by atomic mass is 19.4. The number of amides is 1. The fourth-order valence-electron chi connectivity index (χ4n) is 6.95. The highest BCUT2D eigenvalue weighted by Crippen LogP contribution is 2.45. The van der Waals surface area contributed by atoms with Crippen molar-refractivity contribution < 1.29 is 27.1 Å². The van der Waals surface area contributed by atoms with Crippen LogP contribution in [0.3, 0.4) is 0 Å². The standard InChI is InChI=1S/C27H35F4N3O2/c28-23-16-21(36-27(29,30)31)8-9-22(23)26(35)32-10-2-4-11-33-13-5-6-18-14-19-15-20(25(18)33)17-34-12-3-1-7-24(19)34/h8-9,14,16,19-20,24-25H,1-7,10-13,15,17H2,(H,32,35)/t19-,20+,24+,25+/m0/s1. The molecule has 5 rings (SSSR count). The van der Waals surface area contributed by atoms with E-state index in [0.29, 0.717) is 24.6 Å². The van der Waals surface area contributed by atoms with Crippen LogP contribution in [0.1, 0.15) is 61.7 Å². The van der Waals surface area contributed by atoms with Crippen LogP contribution in [0.5, 0.6) is 5.75 Å². The summed E-state index contributed by atoms with van der Waals surface area (Å²) in [4.78, 5) is 17.7. The van der Waals surface area contributed by atoms with Gasteiger partial charge in [-0.05, 0) is 88.5 Å². The molecule has 5 nitrogen and oxygen atoms in total. The molecule has 3 fully saturated rings. The van der Waals surface area contributed by atoms with Crippen molar-refractivity contribution in [3.8, 4) is 5.75 Å². The van der Waals surface area contributed by atoms with Gasteiger partial charge >= 0.3 is 6.36 Å². The third-order valence-electron chi connectivity index (χ3n) is 8.34. The maximum atomic E-state index is 14.1. The molecule has 4 aliphatic rings. The Hall–Kier alpha value is -2.13. The number of nitrogens with one attached hydrogen (secondary N) is 1. The molecule has 0 radical (unpaired) electrons. The molecule has 1 aromatic rings. The van der Waals surface area contributed by atoms with Crippen LogP contribution in [-0.2, 0) is 0 Å². The summed E-state index contributed by atoms with van der Waals surface area (Å²) < 4.78 is 54.7. The molecule has 198 valence electrons. The Balaban J connectivity index is 1.10. The summed E-state index contributed by atoms with van der Waals surface area (Å²) in [6, 6.07) is 3.83. The first kappa shape index (κ1) is 25.5. The molecule has 1 amide bonds. The molecule has 9 heteroatoms. The Bertz CT molecular complexity index is 982. The Labute approximate surface area is 209 Å². The van der Waals surface area contributed by atoms with Gasteiger partial charge in [0, 0.05) is 31.2 Å². The van der Waals surface area contributed by atoms with E-state index in [0.717, 1.165) is 50.0 Å². The molecule has 0 aromatic heterocycles. The van der Waals surface area contributed by atoms with Gasteiger partial charge in [0.25, 0.3) is 5.91 Å². The lowest BCUT2D eigenvalue weighted by molar-refractivity contribution is -0.274. The van der Waals surface area contributed by atoms with Crippen LogP contribution < -0.4 is 10.1 Å². The van der Waals surface area contributed by atoms with E-state index in [1.807, 2.05) is 0 Å². The number of hydrogen-bond acceptors (Lipinski definition) is 4. The Kier molecular flexibility index (Phi) is 7.58. The molecule has 3 saturated heterocycles. The molecule has 2 bridgehead atoms. The number of halogens is 4. The number of likely N-dealkylation sites (tertiary alicyclic amines) is 1. The van der Waals surface area contributed by atoms with E-state index in [1.54, 1.807) is 5.57 Å². The lowest BCUT2D eigenvalue weighted by atomic mass is 9.68. The Morgan fingerprint density at radius 2 is 2.00 bits per heavy atom. The van der Waals surface area contributed by atoms with E-state index < -0.39 is 23.8 Å². The van der Waals surface area contributed by atoms with Crippen LogP contribution in [0.25, 0.3) is 0 Å². The number of unbranched alkanes of at least 4 members (excludes halogenated alkanes) is 1. The van der Waals surface area contributed by atoms with Gasteiger partial charge in [-0.3, -0.25) is 14.6 Å². The highest BCUT2D eigenvalue weighted by molar-refractivity contribution is 5.94. The monoisotopic (exact) mass is 509 g/mol. The summed E-state index contributed by atoms with van der Waals surface area (Å²) >= 11 is 0. The van der Waals surface area contributed by atoms with Gasteiger partial charge in [0.2, 0.25) is 0 Å². The number of rotatable bonds is 7. The zero-order chi connectivity index (χ0) is 25.3. The van der Waals surface area contributed by atoms with Gasteiger partial charge in [-0.25, -0.2) is 4.39 Å². The van der Waals surface area contributed by atoms with Crippen LogP contribution in [0.4, 0.5) is 17.6 Å². The minimum Gasteiger partial charge on any atom is -0.406 e. The van der Waals surface area contributed by atoms with Crippen molar-refractivity contribution in [2.75, 3.05) is 32.7 Å². The van der Waals surface area contributed by atoms with Crippen molar-refractivity contribution in [1.29, 1.82) is 0 Å². The number of nitrogens with zero attached hydrogens (tertiary/aromatic N) is 2. The van der Waals surface area contributed by atoms with Gasteiger partial charge in [0.1, 0.15) is 11.6 Å². The summed E-state index contributed by atoms with van der Waals surface area (Å²) in [5.41, 5.74) is 1.36. The van der Waals surface area contributed by atoms with Crippen LogP contribution in [0.2, 0.25) is 0 Å². The average molecular weight is 510 g/mol. The Morgan fingerprint density at radius 3 is 2.81 bits per heavy atom. The molecule has 4 atom stereocenters. The smallest absolute Gasteiger partial charge is 0.406 e. The number of benzene rings is 1. The number of carbonyl (C=O) groups is 1. The molecular formula is C27H35F4N3O2. The summed E-state index contributed by atoms with van der Waals surface area (Å²) in [5.74, 6) is -0.933. The van der Waals surface area contributed by atoms with Crippen LogP contribution in [-0.4, -0.2) is 66.9 Å². The van der Waals surface area contributed by atoms with Gasteiger partial charge < -0.3 is 10.1 Å². The van der Waals surface area contributed by atoms with E-state index in [1.165, 1.54) is 51.6 Å². The maximum absolute atomic E-state index is 14.1. The van der Waals surface area contributed by atoms with Crippen molar-refractivity contribution in [1.82, 2.24) is 15.1 Å². The van der Waals surface area contributed by atoms with Gasteiger partial charge in [0.15, 0.2) is 0 Å². The van der Waals surface area contributed by atoms with Gasteiger partial charge in [0.05, 0.1) is 5.56 Å².